The molecule has 0 amide bonds. The van der Waals surface area contributed by atoms with Gasteiger partial charge in [-0.2, -0.15) is 0 Å². The molecule has 0 bridgehead atoms. The van der Waals surface area contributed by atoms with Gasteiger partial charge in [0.05, 0.1) is 5.75 Å². The highest BCUT2D eigenvalue weighted by atomic mass is 35.5. The van der Waals surface area contributed by atoms with Gasteiger partial charge in [0.1, 0.15) is 0 Å². The Labute approximate surface area is 92.3 Å². The first kappa shape index (κ1) is 14.2. The van der Waals surface area contributed by atoms with Gasteiger partial charge in [-0.15, -0.1) is 11.6 Å². The van der Waals surface area contributed by atoms with Gasteiger partial charge in [0.25, 0.3) is 0 Å². The molecule has 5 heteroatoms. The molecule has 0 aromatic heterocycles. The van der Waals surface area contributed by atoms with E-state index >= 15 is 0 Å². The van der Waals surface area contributed by atoms with Crippen molar-refractivity contribution in [2.45, 2.75) is 45.6 Å². The molecule has 0 heterocycles. The zero-order valence-electron chi connectivity index (χ0n) is 9.14. The first-order valence-corrected chi connectivity index (χ1v) is 7.09. The second kappa shape index (κ2) is 5.93. The molecule has 0 aliphatic rings. The fourth-order valence-electron chi connectivity index (χ4n) is 0.931. The summed E-state index contributed by atoms with van der Waals surface area (Å²) < 4.78 is 25.7. The average molecular weight is 242 g/mol. The number of sulfonamides is 1. The Morgan fingerprint density at radius 2 is 1.86 bits per heavy atom. The van der Waals surface area contributed by atoms with Crippen LogP contribution in [0.15, 0.2) is 0 Å². The molecule has 0 fully saturated rings. The Kier molecular flexibility index (Phi) is 6.02. The first-order chi connectivity index (χ1) is 6.33. The summed E-state index contributed by atoms with van der Waals surface area (Å²) in [5.41, 5.74) is -0.347. The van der Waals surface area contributed by atoms with Crippen LogP contribution >= 0.6 is 11.6 Å². The minimum absolute atomic E-state index is 0.170. The van der Waals surface area contributed by atoms with Crippen molar-refractivity contribution in [2.75, 3.05) is 11.6 Å². The predicted octanol–water partition coefficient (Wildman–Crippen LogP) is 2.11. The second-order valence-electron chi connectivity index (χ2n) is 4.05. The van der Waals surface area contributed by atoms with E-state index in [2.05, 4.69) is 4.72 Å². The number of unbranched alkanes of at least 4 members (excludes halogenated alkanes) is 1. The molecule has 3 nitrogen and oxygen atoms in total. The normalized spacial score (nSPS) is 13.1. The third kappa shape index (κ3) is 6.62. The number of halogens is 1. The van der Waals surface area contributed by atoms with Crippen molar-refractivity contribution in [1.29, 1.82) is 0 Å². The molecular weight excluding hydrogens is 222 g/mol. The number of nitrogens with one attached hydrogen (secondary N) is 1. The SMILES string of the molecule is CCC(C)(C)NS(=O)(=O)CCCCCl. The number of hydrogen-bond acceptors (Lipinski definition) is 2. The summed E-state index contributed by atoms with van der Waals surface area (Å²) in [6.07, 6.45) is 2.15. The van der Waals surface area contributed by atoms with Gasteiger partial charge >= 0.3 is 0 Å². The Morgan fingerprint density at radius 1 is 1.29 bits per heavy atom. The van der Waals surface area contributed by atoms with E-state index in [1.54, 1.807) is 0 Å². The zero-order chi connectivity index (χ0) is 11.2. The largest absolute Gasteiger partial charge is 0.212 e. The highest BCUT2D eigenvalue weighted by Gasteiger charge is 2.22. The summed E-state index contributed by atoms with van der Waals surface area (Å²) >= 11 is 5.48. The molecule has 0 saturated carbocycles. The smallest absolute Gasteiger partial charge is 0.212 e. The van der Waals surface area contributed by atoms with Crippen LogP contribution in [0.5, 0.6) is 0 Å². The standard InChI is InChI=1S/C9H20ClNO2S/c1-4-9(2,3)11-14(12,13)8-6-5-7-10/h11H,4-8H2,1-3H3. The summed E-state index contributed by atoms with van der Waals surface area (Å²) in [7, 11) is -3.13. The highest BCUT2D eigenvalue weighted by Crippen LogP contribution is 2.09. The van der Waals surface area contributed by atoms with Crippen molar-refractivity contribution in [2.24, 2.45) is 0 Å². The summed E-state index contributed by atoms with van der Waals surface area (Å²) in [5.74, 6) is 0.690. The van der Waals surface area contributed by atoms with Gasteiger partial charge < -0.3 is 0 Å². The van der Waals surface area contributed by atoms with Crippen molar-refractivity contribution >= 4 is 21.6 Å². The third-order valence-corrected chi connectivity index (χ3v) is 4.07. The summed E-state index contributed by atoms with van der Waals surface area (Å²) in [4.78, 5) is 0. The fourth-order valence-corrected chi connectivity index (χ4v) is 2.79. The van der Waals surface area contributed by atoms with Crippen LogP contribution in [0.25, 0.3) is 0 Å². The van der Waals surface area contributed by atoms with E-state index in [0.717, 1.165) is 12.8 Å². The molecule has 0 aromatic rings. The van der Waals surface area contributed by atoms with Crippen LogP contribution in [0.2, 0.25) is 0 Å². The molecule has 0 aliphatic carbocycles. The average Bonchev–Trinajstić information content (AvgIpc) is 2.03. The van der Waals surface area contributed by atoms with E-state index in [1.165, 1.54) is 0 Å². The van der Waals surface area contributed by atoms with Gasteiger partial charge in [-0.05, 0) is 33.1 Å². The van der Waals surface area contributed by atoms with Crippen LogP contribution in [0.3, 0.4) is 0 Å². The van der Waals surface area contributed by atoms with E-state index < -0.39 is 10.0 Å². The van der Waals surface area contributed by atoms with E-state index in [1.807, 2.05) is 20.8 Å². The lowest BCUT2D eigenvalue weighted by Gasteiger charge is -2.24. The van der Waals surface area contributed by atoms with Crippen molar-refractivity contribution in [3.05, 3.63) is 0 Å². The van der Waals surface area contributed by atoms with Gasteiger partial charge in [0.2, 0.25) is 10.0 Å². The maximum atomic E-state index is 11.5. The number of rotatable bonds is 7. The van der Waals surface area contributed by atoms with Crippen molar-refractivity contribution in [3.8, 4) is 0 Å². The quantitative estimate of drug-likeness (QED) is 0.548. The lowest BCUT2D eigenvalue weighted by atomic mass is 10.0. The van der Waals surface area contributed by atoms with Crippen LogP contribution in [-0.4, -0.2) is 25.6 Å². The van der Waals surface area contributed by atoms with E-state index in [4.69, 9.17) is 11.6 Å². The Balaban J connectivity index is 4.08. The molecule has 0 saturated heterocycles. The Hall–Kier alpha value is 0.200. The van der Waals surface area contributed by atoms with Crippen LogP contribution < -0.4 is 4.72 Å². The maximum absolute atomic E-state index is 11.5. The Bertz CT molecular complexity index is 250. The molecule has 1 N–H and O–H groups in total. The van der Waals surface area contributed by atoms with E-state index in [0.29, 0.717) is 12.3 Å². The van der Waals surface area contributed by atoms with Crippen LogP contribution in [0.4, 0.5) is 0 Å². The van der Waals surface area contributed by atoms with E-state index in [-0.39, 0.29) is 11.3 Å². The molecule has 0 rings (SSSR count). The highest BCUT2D eigenvalue weighted by molar-refractivity contribution is 7.89. The Morgan fingerprint density at radius 3 is 2.29 bits per heavy atom. The molecule has 0 aromatic carbocycles. The van der Waals surface area contributed by atoms with Crippen LogP contribution in [0, 0.1) is 0 Å². The van der Waals surface area contributed by atoms with Gasteiger partial charge in [0.15, 0.2) is 0 Å². The molecule has 0 aliphatic heterocycles. The summed E-state index contributed by atoms with van der Waals surface area (Å²) in [6, 6.07) is 0. The topological polar surface area (TPSA) is 46.2 Å². The molecular formula is C9H20ClNO2S. The van der Waals surface area contributed by atoms with Gasteiger partial charge in [-0.3, -0.25) is 0 Å². The molecule has 0 radical (unpaired) electrons. The summed E-state index contributed by atoms with van der Waals surface area (Å²) in [6.45, 7) is 5.72. The fraction of sp³-hybridized carbons (Fsp3) is 1.00. The lowest BCUT2D eigenvalue weighted by Crippen LogP contribution is -2.43. The van der Waals surface area contributed by atoms with Gasteiger partial charge in [-0.1, -0.05) is 6.92 Å². The zero-order valence-corrected chi connectivity index (χ0v) is 10.7. The minimum atomic E-state index is -3.13. The van der Waals surface area contributed by atoms with Crippen LogP contribution in [-0.2, 0) is 10.0 Å². The minimum Gasteiger partial charge on any atom is -0.212 e. The lowest BCUT2D eigenvalue weighted by molar-refractivity contribution is 0.439. The van der Waals surface area contributed by atoms with E-state index in [9.17, 15) is 8.42 Å². The second-order valence-corrected chi connectivity index (χ2v) is 6.27. The monoisotopic (exact) mass is 241 g/mol. The maximum Gasteiger partial charge on any atom is 0.212 e. The van der Waals surface area contributed by atoms with Gasteiger partial charge in [-0.25, -0.2) is 13.1 Å². The van der Waals surface area contributed by atoms with Crippen molar-refractivity contribution < 1.29 is 8.42 Å². The molecule has 86 valence electrons. The van der Waals surface area contributed by atoms with Crippen molar-refractivity contribution in [3.63, 3.8) is 0 Å². The molecule has 0 spiro atoms. The molecule has 14 heavy (non-hydrogen) atoms. The van der Waals surface area contributed by atoms with Crippen molar-refractivity contribution in [1.82, 2.24) is 4.72 Å². The first-order valence-electron chi connectivity index (χ1n) is 4.90. The van der Waals surface area contributed by atoms with Crippen LogP contribution in [0.1, 0.15) is 40.0 Å². The molecule has 0 unspecified atom stereocenters. The summed E-state index contributed by atoms with van der Waals surface area (Å²) in [5, 5.41) is 0. The molecule has 0 atom stereocenters. The predicted molar refractivity (Wildman–Crippen MR) is 61.2 cm³/mol. The third-order valence-electron chi connectivity index (χ3n) is 2.11. The number of hydrogen-bond donors (Lipinski definition) is 1. The number of alkyl halides is 1. The van der Waals surface area contributed by atoms with Gasteiger partial charge in [0, 0.05) is 11.4 Å².